The largest absolute Gasteiger partial charge is 0.374 e. The van der Waals surface area contributed by atoms with E-state index in [2.05, 4.69) is 6.58 Å². The minimum absolute atomic E-state index is 0.104. The van der Waals surface area contributed by atoms with Crippen molar-refractivity contribution in [1.29, 1.82) is 0 Å². The van der Waals surface area contributed by atoms with Crippen LogP contribution in [-0.2, 0) is 98.4 Å². The lowest BCUT2D eigenvalue weighted by Crippen LogP contribution is -2.66. The molecule has 390 valence electrons. The van der Waals surface area contributed by atoms with Gasteiger partial charge in [-0.2, -0.15) is 0 Å². The zero-order valence-electron chi connectivity index (χ0n) is 42.3. The summed E-state index contributed by atoms with van der Waals surface area (Å²) in [7, 11) is 0. The molecule has 0 aliphatic carbocycles. The topological polar surface area (TPSA) is 102 Å². The van der Waals surface area contributed by atoms with E-state index in [0.717, 1.165) is 38.9 Å². The Morgan fingerprint density at radius 1 is 0.307 bits per heavy atom. The lowest BCUT2D eigenvalue weighted by atomic mass is 9.95. The fourth-order valence-corrected chi connectivity index (χ4v) is 9.25. The van der Waals surface area contributed by atoms with Gasteiger partial charge in [-0.05, 0) is 38.9 Å². The molecule has 2 aliphatic rings. The molecule has 75 heavy (non-hydrogen) atoms. The summed E-state index contributed by atoms with van der Waals surface area (Å²) in [6, 6.07) is 70.3. The van der Waals surface area contributed by atoms with Crippen molar-refractivity contribution in [2.45, 2.75) is 108 Å². The van der Waals surface area contributed by atoms with Gasteiger partial charge in [-0.15, -0.1) is 6.58 Å². The number of hydrogen-bond donors (Lipinski definition) is 0. The van der Waals surface area contributed by atoms with Gasteiger partial charge in [-0.3, -0.25) is 0 Å². The highest BCUT2D eigenvalue weighted by molar-refractivity contribution is 5.19. The van der Waals surface area contributed by atoms with Crippen LogP contribution in [0.2, 0.25) is 0 Å². The van der Waals surface area contributed by atoms with Crippen LogP contribution >= 0.6 is 0 Å². The summed E-state index contributed by atoms with van der Waals surface area (Å²) in [6.07, 6.45) is -6.66. The first-order chi connectivity index (χ1) is 37.2. The third-order valence-corrected chi connectivity index (χ3v) is 13.1. The van der Waals surface area contributed by atoms with Gasteiger partial charge in [-0.25, -0.2) is 0 Å². The van der Waals surface area contributed by atoms with Gasteiger partial charge in [0.2, 0.25) is 0 Å². The molecule has 0 radical (unpaired) electrons. The van der Waals surface area contributed by atoms with Gasteiger partial charge in [-0.1, -0.05) is 218 Å². The maximum Gasteiger partial charge on any atom is 0.187 e. The first-order valence-electron chi connectivity index (χ1n) is 25.9. The van der Waals surface area contributed by atoms with Crippen LogP contribution in [0.5, 0.6) is 0 Å². The van der Waals surface area contributed by atoms with Gasteiger partial charge in [0.15, 0.2) is 12.6 Å². The molecule has 0 N–H and O–H groups in total. The van der Waals surface area contributed by atoms with Crippen molar-refractivity contribution in [2.75, 3.05) is 19.8 Å². The molecular formula is C64H68O11. The molecular weight excluding hydrogens is 945 g/mol. The highest BCUT2D eigenvalue weighted by atomic mass is 16.8. The van der Waals surface area contributed by atoms with Crippen LogP contribution in [0.15, 0.2) is 225 Å². The van der Waals surface area contributed by atoms with Gasteiger partial charge in [0, 0.05) is 0 Å². The molecule has 11 heteroatoms. The molecule has 7 aromatic carbocycles. The molecule has 0 saturated carbocycles. The van der Waals surface area contributed by atoms with Crippen LogP contribution < -0.4 is 0 Å². The third-order valence-electron chi connectivity index (χ3n) is 13.1. The lowest BCUT2D eigenvalue weighted by molar-refractivity contribution is -0.377. The number of rotatable bonds is 28. The predicted octanol–water partition coefficient (Wildman–Crippen LogP) is 11.4. The first-order valence-corrected chi connectivity index (χ1v) is 25.9. The molecule has 9 rings (SSSR count). The normalized spacial score (nSPS) is 23.6. The molecule has 0 amide bonds. The van der Waals surface area contributed by atoms with Gasteiger partial charge in [0.25, 0.3) is 0 Å². The van der Waals surface area contributed by atoms with E-state index >= 15 is 0 Å². The zero-order chi connectivity index (χ0) is 51.1. The van der Waals surface area contributed by atoms with E-state index in [1.165, 1.54) is 0 Å². The second kappa shape index (κ2) is 29.2. The minimum atomic E-state index is -1.11. The predicted molar refractivity (Wildman–Crippen MR) is 286 cm³/mol. The average molecular weight is 1010 g/mol. The van der Waals surface area contributed by atoms with E-state index in [9.17, 15) is 0 Å². The summed E-state index contributed by atoms with van der Waals surface area (Å²) < 4.78 is 76.6. The highest BCUT2D eigenvalue weighted by Crippen LogP contribution is 2.37. The molecule has 0 spiro atoms. The van der Waals surface area contributed by atoms with E-state index in [0.29, 0.717) is 13.2 Å². The molecule has 0 bridgehead atoms. The standard InChI is InChI=1S/C64H68O11/c1-2-38-67-63-61(71-44-53-34-20-8-21-35-53)60(70-43-52-32-18-7-19-33-52)58(56(73-63)47-66-40-49-26-12-4-13-27-49)75-64-62(72-45-54-36-22-9-23-37-54)59(69-42-51-30-16-6-17-31-51)57(68-41-50-28-14-5-15-29-50)55(74-64)46-65-39-48-24-10-3-11-25-48/h2-37,55-64H,1,38-47H2/t55-,56-,57+,58-,59+,60+,61-,62-,63+,64+/m1/s1. The van der Waals surface area contributed by atoms with Gasteiger partial charge in [0.05, 0.1) is 66.1 Å². The Morgan fingerprint density at radius 3 is 0.947 bits per heavy atom. The number of ether oxygens (including phenoxy) is 11. The Morgan fingerprint density at radius 2 is 0.587 bits per heavy atom. The Kier molecular flexibility index (Phi) is 20.9. The highest BCUT2D eigenvalue weighted by Gasteiger charge is 2.54. The van der Waals surface area contributed by atoms with E-state index in [1.807, 2.05) is 212 Å². The van der Waals surface area contributed by atoms with E-state index in [4.69, 9.17) is 52.1 Å². The van der Waals surface area contributed by atoms with Crippen LogP contribution in [0.1, 0.15) is 38.9 Å². The molecule has 11 nitrogen and oxygen atoms in total. The van der Waals surface area contributed by atoms with Crippen molar-refractivity contribution < 1.29 is 52.1 Å². The quantitative estimate of drug-likeness (QED) is 0.0438. The molecule has 10 atom stereocenters. The Labute approximate surface area is 441 Å². The third kappa shape index (κ3) is 16.2. The fourth-order valence-electron chi connectivity index (χ4n) is 9.25. The molecule has 0 unspecified atom stereocenters. The maximum atomic E-state index is 7.55. The smallest absolute Gasteiger partial charge is 0.187 e. The number of benzene rings is 7. The first kappa shape index (κ1) is 53.7. The van der Waals surface area contributed by atoms with Crippen molar-refractivity contribution in [3.8, 4) is 0 Å². The van der Waals surface area contributed by atoms with Crippen molar-refractivity contribution in [1.82, 2.24) is 0 Å². The Hall–Kier alpha value is -6.16. The molecule has 2 aliphatic heterocycles. The molecule has 0 aromatic heterocycles. The summed E-state index contributed by atoms with van der Waals surface area (Å²) >= 11 is 0. The average Bonchev–Trinajstić information content (AvgIpc) is 3.47. The van der Waals surface area contributed by atoms with Crippen molar-refractivity contribution in [2.24, 2.45) is 0 Å². The minimum Gasteiger partial charge on any atom is -0.374 e. The van der Waals surface area contributed by atoms with Crippen molar-refractivity contribution in [3.05, 3.63) is 264 Å². The van der Waals surface area contributed by atoms with Crippen molar-refractivity contribution >= 4 is 0 Å². The fraction of sp³-hybridized carbons (Fsp3) is 0.312. The van der Waals surface area contributed by atoms with Crippen molar-refractivity contribution in [3.63, 3.8) is 0 Å². The molecule has 2 heterocycles. The second-order valence-corrected chi connectivity index (χ2v) is 18.6. The Balaban J connectivity index is 1.12. The van der Waals surface area contributed by atoms with E-state index in [-0.39, 0.29) is 52.9 Å². The van der Waals surface area contributed by atoms with Gasteiger partial charge < -0.3 is 52.1 Å². The van der Waals surface area contributed by atoms with Crippen LogP contribution in [0.4, 0.5) is 0 Å². The molecule has 2 saturated heterocycles. The summed E-state index contributed by atoms with van der Waals surface area (Å²) in [5.74, 6) is 0. The van der Waals surface area contributed by atoms with Gasteiger partial charge >= 0.3 is 0 Å². The SMILES string of the molecule is C=CCO[C@H]1O[C@H](COCc2ccccc2)[C@@H](O[C@@H]2O[C@H](COCc3ccccc3)[C@H](OCc3ccccc3)[C@H](OCc3ccccc3)[C@H]2OCc2ccccc2)[C@H](OCc2ccccc2)[C@H]1OCc1ccccc1. The zero-order valence-corrected chi connectivity index (χ0v) is 42.3. The summed E-state index contributed by atoms with van der Waals surface area (Å²) in [5.41, 5.74) is 6.90. The molecule has 2 fully saturated rings. The van der Waals surface area contributed by atoms with E-state index < -0.39 is 61.4 Å². The summed E-state index contributed by atoms with van der Waals surface area (Å²) in [6.45, 7) is 6.32. The van der Waals surface area contributed by atoms with Crippen LogP contribution in [-0.4, -0.2) is 81.2 Å². The van der Waals surface area contributed by atoms with Gasteiger partial charge in [0.1, 0.15) is 48.8 Å². The maximum absolute atomic E-state index is 7.55. The van der Waals surface area contributed by atoms with E-state index in [1.54, 1.807) is 6.08 Å². The lowest BCUT2D eigenvalue weighted by Gasteiger charge is -2.50. The second-order valence-electron chi connectivity index (χ2n) is 18.6. The summed E-state index contributed by atoms with van der Waals surface area (Å²) in [4.78, 5) is 0. The summed E-state index contributed by atoms with van der Waals surface area (Å²) in [5, 5.41) is 0. The monoisotopic (exact) mass is 1010 g/mol. The Bertz CT molecular complexity index is 2630. The van der Waals surface area contributed by atoms with Crippen LogP contribution in [0, 0.1) is 0 Å². The molecule has 7 aromatic rings. The number of hydrogen-bond acceptors (Lipinski definition) is 11. The van der Waals surface area contributed by atoms with Crippen LogP contribution in [0.25, 0.3) is 0 Å². The van der Waals surface area contributed by atoms with Crippen LogP contribution in [0.3, 0.4) is 0 Å².